The normalized spacial score (nSPS) is 16.6. The summed E-state index contributed by atoms with van der Waals surface area (Å²) in [6.45, 7) is -0.966. The number of para-hydroxylation sites is 1. The topological polar surface area (TPSA) is 131 Å². The molecule has 0 saturated carbocycles. The number of hydrogen-bond donors (Lipinski definition) is 1. The number of anilines is 1. The molecule has 1 heterocycles. The third-order valence-corrected chi connectivity index (χ3v) is 9.53. The summed E-state index contributed by atoms with van der Waals surface area (Å²) in [6, 6.07) is 15.8. The molecule has 4 rings (SSSR count). The van der Waals surface area contributed by atoms with Crippen LogP contribution < -0.4 is 13.8 Å². The molecule has 1 unspecified atom stereocenters. The van der Waals surface area contributed by atoms with E-state index >= 15 is 0 Å². The Morgan fingerprint density at radius 1 is 0.806 bits per heavy atom. The van der Waals surface area contributed by atoms with Crippen molar-refractivity contribution in [3.05, 3.63) is 78.4 Å². The van der Waals surface area contributed by atoms with Crippen molar-refractivity contribution >= 4 is 31.7 Å². The molecule has 0 fully saturated rings. The maximum atomic E-state index is 13.7. The number of hydrogen-bond acceptors (Lipinski definition) is 7. The second-order valence-corrected chi connectivity index (χ2v) is 11.7. The quantitative estimate of drug-likeness (QED) is 0.491. The van der Waals surface area contributed by atoms with Crippen LogP contribution in [0.1, 0.15) is 5.56 Å². The van der Waals surface area contributed by atoms with E-state index < -0.39 is 38.6 Å². The van der Waals surface area contributed by atoms with Gasteiger partial charge in [-0.25, -0.2) is 16.8 Å². The third-order valence-electron chi connectivity index (χ3n) is 5.87. The van der Waals surface area contributed by atoms with Crippen LogP contribution in [0.5, 0.6) is 11.5 Å². The van der Waals surface area contributed by atoms with Crippen molar-refractivity contribution in [1.82, 2.24) is 4.31 Å². The second kappa shape index (κ2) is 9.80. The molecule has 1 atom stereocenters. The van der Waals surface area contributed by atoms with E-state index in [9.17, 15) is 26.7 Å². The number of carboxylic acids is 1. The minimum Gasteiger partial charge on any atom is -0.497 e. The summed E-state index contributed by atoms with van der Waals surface area (Å²) in [5, 5.41) is 10.1. The first-order valence-electron chi connectivity index (χ1n) is 10.7. The zero-order valence-corrected chi connectivity index (χ0v) is 21.1. The van der Waals surface area contributed by atoms with E-state index in [4.69, 9.17) is 9.47 Å². The molecule has 190 valence electrons. The van der Waals surface area contributed by atoms with Crippen molar-refractivity contribution in [3.8, 4) is 11.5 Å². The largest absolute Gasteiger partial charge is 0.497 e. The Morgan fingerprint density at radius 3 is 1.81 bits per heavy atom. The number of carboxylic acid groups (broad SMARTS) is 1. The van der Waals surface area contributed by atoms with Crippen molar-refractivity contribution < 1.29 is 36.2 Å². The average molecular weight is 533 g/mol. The summed E-state index contributed by atoms with van der Waals surface area (Å²) in [6.07, 6.45) is 0. The molecule has 0 amide bonds. The van der Waals surface area contributed by atoms with Gasteiger partial charge in [0.15, 0.2) is 0 Å². The highest BCUT2D eigenvalue weighted by Gasteiger charge is 2.43. The maximum Gasteiger partial charge on any atom is 0.323 e. The van der Waals surface area contributed by atoms with E-state index in [1.54, 1.807) is 18.2 Å². The molecule has 1 aliphatic rings. The highest BCUT2D eigenvalue weighted by molar-refractivity contribution is 7.93. The number of ether oxygens (including phenoxy) is 2. The van der Waals surface area contributed by atoms with Crippen LogP contribution in [0.25, 0.3) is 0 Å². The Labute approximate surface area is 209 Å². The van der Waals surface area contributed by atoms with Crippen LogP contribution in [-0.4, -0.2) is 59.0 Å². The molecule has 1 N–H and O–H groups in total. The maximum absolute atomic E-state index is 13.7. The summed E-state index contributed by atoms with van der Waals surface area (Å²) < 4.78 is 66.5. The molecular formula is C24H24N2O8S2. The first-order valence-corrected chi connectivity index (χ1v) is 13.6. The Balaban J connectivity index is 1.84. The molecule has 0 saturated heterocycles. The second-order valence-electron chi connectivity index (χ2n) is 7.92. The average Bonchev–Trinajstić information content (AvgIpc) is 3.07. The number of carbonyl (C=O) groups is 1. The van der Waals surface area contributed by atoms with Gasteiger partial charge < -0.3 is 14.6 Å². The van der Waals surface area contributed by atoms with Crippen LogP contribution in [-0.2, 0) is 31.4 Å². The molecule has 0 aliphatic carbocycles. The molecule has 36 heavy (non-hydrogen) atoms. The molecular weight excluding hydrogens is 508 g/mol. The van der Waals surface area contributed by atoms with Crippen LogP contribution in [0.2, 0.25) is 0 Å². The highest BCUT2D eigenvalue weighted by Crippen LogP contribution is 2.35. The lowest BCUT2D eigenvalue weighted by atomic mass is 10.2. The van der Waals surface area contributed by atoms with Gasteiger partial charge in [0.05, 0.1) is 36.2 Å². The molecule has 10 nitrogen and oxygen atoms in total. The number of methoxy groups -OCH3 is 2. The summed E-state index contributed by atoms with van der Waals surface area (Å²) in [5.41, 5.74) is 0.544. The van der Waals surface area contributed by atoms with Crippen molar-refractivity contribution in [2.75, 3.05) is 25.1 Å². The lowest BCUT2D eigenvalue weighted by molar-refractivity contribution is -0.141. The zero-order valence-electron chi connectivity index (χ0n) is 19.4. The molecule has 0 aromatic heterocycles. The molecule has 3 aromatic carbocycles. The molecule has 12 heteroatoms. The minimum atomic E-state index is -4.33. The number of aliphatic carboxylic acids is 1. The fourth-order valence-corrected chi connectivity index (χ4v) is 7.01. The number of sulfonamides is 2. The van der Waals surface area contributed by atoms with Crippen molar-refractivity contribution in [2.24, 2.45) is 0 Å². The van der Waals surface area contributed by atoms with Gasteiger partial charge in [-0.15, -0.1) is 0 Å². The molecule has 0 radical (unpaired) electrons. The SMILES string of the molecule is COc1ccc(S(=O)(=O)N2CC(C(=O)O)N(S(=O)(=O)c3ccc(OC)cc3)Cc3ccccc32)cc1. The summed E-state index contributed by atoms with van der Waals surface area (Å²) >= 11 is 0. The number of rotatable bonds is 7. The smallest absolute Gasteiger partial charge is 0.323 e. The third kappa shape index (κ3) is 4.62. The van der Waals surface area contributed by atoms with E-state index in [0.29, 0.717) is 17.1 Å². The number of benzene rings is 3. The van der Waals surface area contributed by atoms with Crippen molar-refractivity contribution in [1.29, 1.82) is 0 Å². The van der Waals surface area contributed by atoms with Gasteiger partial charge in [0.1, 0.15) is 17.5 Å². The molecule has 3 aromatic rings. The monoisotopic (exact) mass is 532 g/mol. The van der Waals surface area contributed by atoms with Crippen molar-refractivity contribution in [2.45, 2.75) is 22.4 Å². The van der Waals surface area contributed by atoms with Gasteiger partial charge >= 0.3 is 5.97 Å². The van der Waals surface area contributed by atoms with Gasteiger partial charge in [-0.05, 0) is 60.2 Å². The number of nitrogens with zero attached hydrogens (tertiary/aromatic N) is 2. The fraction of sp³-hybridized carbons (Fsp3) is 0.208. The van der Waals surface area contributed by atoms with Gasteiger partial charge in [-0.2, -0.15) is 4.31 Å². The molecule has 0 bridgehead atoms. The molecule has 0 spiro atoms. The first kappa shape index (κ1) is 25.5. The van der Waals surface area contributed by atoms with Gasteiger partial charge in [0, 0.05) is 6.54 Å². The Kier molecular flexibility index (Phi) is 6.94. The fourth-order valence-electron chi connectivity index (χ4n) is 3.95. The van der Waals surface area contributed by atoms with E-state index in [-0.39, 0.29) is 22.0 Å². The van der Waals surface area contributed by atoms with Crippen LogP contribution in [0.3, 0.4) is 0 Å². The summed E-state index contributed by atoms with van der Waals surface area (Å²) in [5.74, 6) is -0.595. The van der Waals surface area contributed by atoms with E-state index in [2.05, 4.69) is 0 Å². The van der Waals surface area contributed by atoms with Crippen LogP contribution in [0.15, 0.2) is 82.6 Å². The summed E-state index contributed by atoms with van der Waals surface area (Å²) in [7, 11) is -5.70. The number of fused-ring (bicyclic) bond motifs is 1. The van der Waals surface area contributed by atoms with E-state index in [1.165, 1.54) is 68.8 Å². The Morgan fingerprint density at radius 2 is 1.31 bits per heavy atom. The van der Waals surface area contributed by atoms with Crippen LogP contribution >= 0.6 is 0 Å². The van der Waals surface area contributed by atoms with Gasteiger partial charge in [0.25, 0.3) is 10.0 Å². The lowest BCUT2D eigenvalue weighted by Gasteiger charge is -2.29. The van der Waals surface area contributed by atoms with E-state index in [0.717, 1.165) is 8.61 Å². The first-order chi connectivity index (χ1) is 17.1. The van der Waals surface area contributed by atoms with Crippen molar-refractivity contribution in [3.63, 3.8) is 0 Å². The predicted octanol–water partition coefficient (Wildman–Crippen LogP) is 2.56. The van der Waals surface area contributed by atoms with Crippen LogP contribution in [0.4, 0.5) is 5.69 Å². The molecule has 1 aliphatic heterocycles. The standard InChI is InChI=1S/C24H24N2O8S2/c1-33-18-7-11-20(12-8-18)35(29,30)25-15-17-5-3-4-6-22(17)26(16-23(25)24(27)28)36(31,32)21-13-9-19(34-2)10-14-21/h3-14,23H,15-16H2,1-2H3,(H,27,28). The zero-order chi connectivity index (χ0) is 26.1. The lowest BCUT2D eigenvalue weighted by Crippen LogP contribution is -2.50. The van der Waals surface area contributed by atoms with Gasteiger partial charge in [-0.3, -0.25) is 9.10 Å². The predicted molar refractivity (Wildman–Crippen MR) is 131 cm³/mol. The van der Waals surface area contributed by atoms with Crippen LogP contribution in [0, 0.1) is 0 Å². The summed E-state index contributed by atoms with van der Waals surface area (Å²) in [4.78, 5) is 12.1. The van der Waals surface area contributed by atoms with Gasteiger partial charge in [0.2, 0.25) is 10.0 Å². The highest BCUT2D eigenvalue weighted by atomic mass is 32.2. The van der Waals surface area contributed by atoms with E-state index in [1.807, 2.05) is 0 Å². The van der Waals surface area contributed by atoms with Gasteiger partial charge in [-0.1, -0.05) is 18.2 Å². The Hall–Kier alpha value is -3.61. The Bertz CT molecular complexity index is 1470. The minimum absolute atomic E-state index is 0.0892.